The van der Waals surface area contributed by atoms with Crippen molar-refractivity contribution in [3.8, 4) is 0 Å². The van der Waals surface area contributed by atoms with Gasteiger partial charge < -0.3 is 10.4 Å². The molecule has 114 valence electrons. The van der Waals surface area contributed by atoms with Gasteiger partial charge in [0.1, 0.15) is 0 Å². The molecular formula is C17H29NO2. The fourth-order valence-electron chi connectivity index (χ4n) is 5.36. The zero-order valence-electron chi connectivity index (χ0n) is 13.1. The summed E-state index contributed by atoms with van der Waals surface area (Å²) < 4.78 is 0. The lowest BCUT2D eigenvalue weighted by Crippen LogP contribution is -2.53. The van der Waals surface area contributed by atoms with Crippen LogP contribution in [0.15, 0.2) is 0 Å². The highest BCUT2D eigenvalue weighted by atomic mass is 16.3. The second kappa shape index (κ2) is 4.72. The minimum atomic E-state index is -0.528. The van der Waals surface area contributed by atoms with Crippen molar-refractivity contribution < 1.29 is 9.90 Å². The van der Waals surface area contributed by atoms with Crippen LogP contribution in [0.25, 0.3) is 0 Å². The lowest BCUT2D eigenvalue weighted by Gasteiger charge is -2.56. The molecule has 0 aromatic heterocycles. The van der Waals surface area contributed by atoms with Crippen molar-refractivity contribution in [1.82, 2.24) is 5.32 Å². The topological polar surface area (TPSA) is 49.3 Å². The lowest BCUT2D eigenvalue weighted by molar-refractivity contribution is -0.132. The molecule has 0 saturated heterocycles. The van der Waals surface area contributed by atoms with Gasteiger partial charge in [0.15, 0.2) is 0 Å². The Morgan fingerprint density at radius 3 is 2.05 bits per heavy atom. The molecule has 4 bridgehead atoms. The summed E-state index contributed by atoms with van der Waals surface area (Å²) in [6.45, 7) is 5.54. The number of carbonyl (C=O) groups is 1. The number of hydrogen-bond donors (Lipinski definition) is 2. The fraction of sp³-hybridized carbons (Fsp3) is 0.941. The van der Waals surface area contributed by atoms with E-state index in [4.69, 9.17) is 0 Å². The first kappa shape index (κ1) is 14.4. The molecule has 1 amide bonds. The molecule has 4 rings (SSSR count). The summed E-state index contributed by atoms with van der Waals surface area (Å²) in [4.78, 5) is 12.4. The summed E-state index contributed by atoms with van der Waals surface area (Å²) >= 11 is 0. The number of aliphatic hydroxyl groups excluding tert-OH is 1. The Kier molecular flexibility index (Phi) is 3.39. The molecule has 4 aliphatic carbocycles. The summed E-state index contributed by atoms with van der Waals surface area (Å²) in [5.41, 5.74) is -0.243. The first-order valence-electron chi connectivity index (χ1n) is 8.27. The zero-order valence-corrected chi connectivity index (χ0v) is 13.1. The number of amides is 1. The Hall–Kier alpha value is -0.570. The van der Waals surface area contributed by atoms with Gasteiger partial charge in [-0.3, -0.25) is 4.79 Å². The minimum Gasteiger partial charge on any atom is -0.391 e. The van der Waals surface area contributed by atoms with Gasteiger partial charge in [-0.2, -0.15) is 0 Å². The van der Waals surface area contributed by atoms with Gasteiger partial charge in [-0.1, -0.05) is 0 Å². The van der Waals surface area contributed by atoms with E-state index in [0.29, 0.717) is 6.42 Å². The van der Waals surface area contributed by atoms with Gasteiger partial charge in [0.25, 0.3) is 0 Å². The Balaban J connectivity index is 1.64. The highest BCUT2D eigenvalue weighted by molar-refractivity contribution is 5.77. The van der Waals surface area contributed by atoms with Crippen LogP contribution in [-0.2, 0) is 4.79 Å². The Morgan fingerprint density at radius 1 is 1.20 bits per heavy atom. The third-order valence-corrected chi connectivity index (χ3v) is 6.21. The summed E-state index contributed by atoms with van der Waals surface area (Å²) in [6.07, 6.45) is 8.19. The molecule has 20 heavy (non-hydrogen) atoms. The normalized spacial score (nSPS) is 40.7. The van der Waals surface area contributed by atoms with E-state index in [0.717, 1.165) is 17.8 Å². The molecule has 1 unspecified atom stereocenters. The molecule has 4 saturated carbocycles. The Morgan fingerprint density at radius 2 is 1.65 bits per heavy atom. The van der Waals surface area contributed by atoms with E-state index in [1.165, 1.54) is 38.5 Å². The Labute approximate surface area is 122 Å². The van der Waals surface area contributed by atoms with Crippen LogP contribution < -0.4 is 5.32 Å². The zero-order chi connectivity index (χ0) is 14.5. The first-order chi connectivity index (χ1) is 9.28. The van der Waals surface area contributed by atoms with Crippen molar-refractivity contribution in [1.29, 1.82) is 0 Å². The quantitative estimate of drug-likeness (QED) is 0.831. The predicted octanol–water partition coefficient (Wildman–Crippen LogP) is 2.87. The van der Waals surface area contributed by atoms with E-state index in [-0.39, 0.29) is 11.3 Å². The highest BCUT2D eigenvalue weighted by Gasteiger charge is 2.51. The van der Waals surface area contributed by atoms with Crippen LogP contribution in [0.2, 0.25) is 0 Å². The molecule has 0 radical (unpaired) electrons. The van der Waals surface area contributed by atoms with Crippen LogP contribution in [0.4, 0.5) is 0 Å². The van der Waals surface area contributed by atoms with Gasteiger partial charge in [0.2, 0.25) is 5.91 Å². The predicted molar refractivity (Wildman–Crippen MR) is 79.1 cm³/mol. The molecule has 0 heterocycles. The average molecular weight is 279 g/mol. The molecule has 4 fully saturated rings. The molecule has 0 aromatic carbocycles. The maximum absolute atomic E-state index is 12.4. The SMILES string of the molecule is CC(O)C(C)(C)NC(=O)CC12CC3CC(CC(C3)C1)C2. The van der Waals surface area contributed by atoms with E-state index >= 15 is 0 Å². The van der Waals surface area contributed by atoms with Crippen LogP contribution in [-0.4, -0.2) is 22.7 Å². The first-order valence-corrected chi connectivity index (χ1v) is 8.27. The standard InChI is InChI=1S/C17H29NO2/c1-11(19)16(2,3)18-15(20)10-17-7-12-4-13(8-17)6-14(5-12)9-17/h11-14,19H,4-10H2,1-3H3,(H,18,20). The molecule has 4 aliphatic rings. The van der Waals surface area contributed by atoms with Crippen LogP contribution >= 0.6 is 0 Å². The van der Waals surface area contributed by atoms with Crippen molar-refractivity contribution in [3.05, 3.63) is 0 Å². The monoisotopic (exact) mass is 279 g/mol. The molecular weight excluding hydrogens is 250 g/mol. The molecule has 1 atom stereocenters. The highest BCUT2D eigenvalue weighted by Crippen LogP contribution is 2.61. The van der Waals surface area contributed by atoms with Crippen molar-refractivity contribution >= 4 is 5.91 Å². The largest absolute Gasteiger partial charge is 0.391 e. The van der Waals surface area contributed by atoms with Crippen molar-refractivity contribution in [3.63, 3.8) is 0 Å². The minimum absolute atomic E-state index is 0.137. The summed E-state index contributed by atoms with van der Waals surface area (Å²) in [6, 6.07) is 0. The molecule has 3 nitrogen and oxygen atoms in total. The van der Waals surface area contributed by atoms with E-state index in [2.05, 4.69) is 5.32 Å². The molecule has 0 aliphatic heterocycles. The number of carbonyl (C=O) groups excluding carboxylic acids is 1. The van der Waals surface area contributed by atoms with E-state index < -0.39 is 11.6 Å². The summed E-state index contributed by atoms with van der Waals surface area (Å²) in [5, 5.41) is 12.8. The van der Waals surface area contributed by atoms with Crippen molar-refractivity contribution in [2.75, 3.05) is 0 Å². The molecule has 0 spiro atoms. The van der Waals surface area contributed by atoms with Gasteiger partial charge >= 0.3 is 0 Å². The van der Waals surface area contributed by atoms with Gasteiger partial charge in [0, 0.05) is 6.42 Å². The number of rotatable bonds is 4. The van der Waals surface area contributed by atoms with Gasteiger partial charge in [-0.25, -0.2) is 0 Å². The summed E-state index contributed by atoms with van der Waals surface area (Å²) in [5.74, 6) is 2.80. The lowest BCUT2D eigenvalue weighted by atomic mass is 9.49. The van der Waals surface area contributed by atoms with Crippen molar-refractivity contribution in [2.24, 2.45) is 23.2 Å². The van der Waals surface area contributed by atoms with Gasteiger partial charge in [0.05, 0.1) is 11.6 Å². The maximum atomic E-state index is 12.4. The number of nitrogens with one attached hydrogen (secondary N) is 1. The van der Waals surface area contributed by atoms with E-state index in [9.17, 15) is 9.90 Å². The maximum Gasteiger partial charge on any atom is 0.221 e. The average Bonchev–Trinajstić information content (AvgIpc) is 2.24. The number of hydrogen-bond acceptors (Lipinski definition) is 2. The van der Waals surface area contributed by atoms with E-state index in [1.54, 1.807) is 6.92 Å². The van der Waals surface area contributed by atoms with E-state index in [1.807, 2.05) is 13.8 Å². The third kappa shape index (κ3) is 2.61. The second-order valence-corrected chi connectivity index (χ2v) is 8.54. The van der Waals surface area contributed by atoms with Crippen LogP contribution in [0.5, 0.6) is 0 Å². The summed E-state index contributed by atoms with van der Waals surface area (Å²) in [7, 11) is 0. The number of aliphatic hydroxyl groups is 1. The van der Waals surface area contributed by atoms with Gasteiger partial charge in [-0.05, 0) is 82.5 Å². The molecule has 0 aromatic rings. The molecule has 3 heteroatoms. The smallest absolute Gasteiger partial charge is 0.221 e. The Bertz CT molecular complexity index is 365. The van der Waals surface area contributed by atoms with Crippen molar-refractivity contribution in [2.45, 2.75) is 77.4 Å². The van der Waals surface area contributed by atoms with Crippen LogP contribution in [0, 0.1) is 23.2 Å². The fourth-order valence-corrected chi connectivity index (χ4v) is 5.36. The third-order valence-electron chi connectivity index (χ3n) is 6.21. The molecule has 2 N–H and O–H groups in total. The van der Waals surface area contributed by atoms with Gasteiger partial charge in [-0.15, -0.1) is 0 Å². The van der Waals surface area contributed by atoms with Crippen LogP contribution in [0.3, 0.4) is 0 Å². The van der Waals surface area contributed by atoms with Crippen LogP contribution in [0.1, 0.15) is 65.7 Å². The second-order valence-electron chi connectivity index (χ2n) is 8.54.